The third kappa shape index (κ3) is 2.18. The smallest absolute Gasteiger partial charge is 0.229 e. The van der Waals surface area contributed by atoms with Crippen LogP contribution in [0.5, 0.6) is 0 Å². The van der Waals surface area contributed by atoms with Gasteiger partial charge in [0.05, 0.1) is 11.6 Å². The number of anilines is 1. The minimum absolute atomic E-state index is 0.00134. The summed E-state index contributed by atoms with van der Waals surface area (Å²) in [6.45, 7) is 0. The Bertz CT molecular complexity index is 683. The summed E-state index contributed by atoms with van der Waals surface area (Å²) in [4.78, 5) is 12.6. The highest BCUT2D eigenvalue weighted by Gasteiger charge is 2.49. The van der Waals surface area contributed by atoms with Gasteiger partial charge in [0.25, 0.3) is 0 Å². The lowest BCUT2D eigenvalue weighted by Crippen LogP contribution is -2.42. The number of carbonyl (C=O) groups excluding carboxylic acids is 1. The van der Waals surface area contributed by atoms with Crippen molar-refractivity contribution in [1.82, 2.24) is 20.2 Å². The zero-order valence-corrected chi connectivity index (χ0v) is 12.1. The third-order valence-corrected chi connectivity index (χ3v) is 5.01. The van der Waals surface area contributed by atoms with E-state index in [1.54, 1.807) is 4.68 Å². The molecule has 0 aliphatic heterocycles. The van der Waals surface area contributed by atoms with E-state index in [1.165, 1.54) is 12.7 Å². The molecule has 1 amide bonds. The van der Waals surface area contributed by atoms with Crippen molar-refractivity contribution in [3.05, 3.63) is 30.6 Å². The number of nitrogens with zero attached hydrogens (tertiary/aromatic N) is 4. The molecule has 2 aliphatic rings. The zero-order valence-electron chi connectivity index (χ0n) is 12.1. The minimum Gasteiger partial charge on any atom is -0.327 e. The maximum absolute atomic E-state index is 12.6. The molecule has 2 saturated carbocycles. The van der Waals surface area contributed by atoms with E-state index in [9.17, 15) is 4.79 Å². The molecule has 2 aliphatic carbocycles. The predicted molar refractivity (Wildman–Crippen MR) is 80.1 cm³/mol. The number of nitrogens with one attached hydrogen (secondary N) is 1. The van der Waals surface area contributed by atoms with E-state index in [0.29, 0.717) is 11.8 Å². The van der Waals surface area contributed by atoms with E-state index in [0.717, 1.165) is 24.2 Å². The Balaban J connectivity index is 1.52. The number of fused-ring (bicyclic) bond motifs is 2. The van der Waals surface area contributed by atoms with Gasteiger partial charge < -0.3 is 11.1 Å². The first-order chi connectivity index (χ1) is 10.7. The van der Waals surface area contributed by atoms with E-state index in [2.05, 4.69) is 20.8 Å². The summed E-state index contributed by atoms with van der Waals surface area (Å²) in [7, 11) is 0. The van der Waals surface area contributed by atoms with Gasteiger partial charge in [-0.25, -0.2) is 4.68 Å². The average Bonchev–Trinajstić information content (AvgIpc) is 3.24. The molecule has 4 unspecified atom stereocenters. The van der Waals surface area contributed by atoms with Crippen LogP contribution in [-0.2, 0) is 4.79 Å². The summed E-state index contributed by atoms with van der Waals surface area (Å²) >= 11 is 0. The molecule has 3 N–H and O–H groups in total. The number of benzene rings is 1. The lowest BCUT2D eigenvalue weighted by Gasteiger charge is -2.27. The molecule has 0 spiro atoms. The van der Waals surface area contributed by atoms with Gasteiger partial charge in [0.15, 0.2) is 0 Å². The number of aromatic nitrogens is 4. The van der Waals surface area contributed by atoms with Gasteiger partial charge in [-0.15, -0.1) is 5.10 Å². The summed E-state index contributed by atoms with van der Waals surface area (Å²) in [5.74, 6) is 0.944. The molecular weight excluding hydrogens is 280 g/mol. The monoisotopic (exact) mass is 298 g/mol. The predicted octanol–water partition coefficient (Wildman–Crippen LogP) is 0.974. The lowest BCUT2D eigenvalue weighted by molar-refractivity contribution is -0.121. The fourth-order valence-corrected chi connectivity index (χ4v) is 3.96. The van der Waals surface area contributed by atoms with Crippen LogP contribution >= 0.6 is 0 Å². The number of tetrazole rings is 1. The first-order valence-corrected chi connectivity index (χ1v) is 7.62. The number of hydrogen-bond acceptors (Lipinski definition) is 5. The fraction of sp³-hybridized carbons (Fsp3) is 0.467. The summed E-state index contributed by atoms with van der Waals surface area (Å²) in [6, 6.07) is 7.47. The number of nitrogens with two attached hydrogens (primary N) is 1. The number of rotatable bonds is 3. The van der Waals surface area contributed by atoms with Crippen LogP contribution in [-0.4, -0.2) is 32.2 Å². The third-order valence-electron chi connectivity index (χ3n) is 5.01. The van der Waals surface area contributed by atoms with Gasteiger partial charge in [0.2, 0.25) is 5.91 Å². The van der Waals surface area contributed by atoms with E-state index in [1.807, 2.05) is 24.3 Å². The molecule has 22 heavy (non-hydrogen) atoms. The molecule has 1 heterocycles. The van der Waals surface area contributed by atoms with Gasteiger partial charge in [-0.1, -0.05) is 6.07 Å². The van der Waals surface area contributed by atoms with Gasteiger partial charge in [-0.05, 0) is 59.7 Å². The van der Waals surface area contributed by atoms with Crippen LogP contribution in [0, 0.1) is 17.8 Å². The molecule has 7 nitrogen and oxygen atoms in total. The fourth-order valence-electron chi connectivity index (χ4n) is 3.96. The van der Waals surface area contributed by atoms with Crippen molar-refractivity contribution >= 4 is 11.6 Å². The van der Waals surface area contributed by atoms with Gasteiger partial charge in [-0.3, -0.25) is 4.79 Å². The molecule has 0 saturated heterocycles. The average molecular weight is 298 g/mol. The van der Waals surface area contributed by atoms with Crippen molar-refractivity contribution in [1.29, 1.82) is 0 Å². The van der Waals surface area contributed by atoms with Crippen LogP contribution in [0.25, 0.3) is 5.69 Å². The molecule has 7 heteroatoms. The van der Waals surface area contributed by atoms with Crippen LogP contribution in [0.15, 0.2) is 30.6 Å². The van der Waals surface area contributed by atoms with Crippen molar-refractivity contribution in [2.24, 2.45) is 23.5 Å². The number of carbonyl (C=O) groups is 1. The van der Waals surface area contributed by atoms with Gasteiger partial charge in [0, 0.05) is 11.7 Å². The van der Waals surface area contributed by atoms with Crippen LogP contribution in [0.1, 0.15) is 19.3 Å². The number of amides is 1. The van der Waals surface area contributed by atoms with Crippen LogP contribution in [0.4, 0.5) is 5.69 Å². The van der Waals surface area contributed by atoms with E-state index in [-0.39, 0.29) is 17.9 Å². The van der Waals surface area contributed by atoms with Crippen LogP contribution < -0.4 is 11.1 Å². The highest BCUT2D eigenvalue weighted by Crippen LogP contribution is 2.47. The Hall–Kier alpha value is -2.28. The Labute approximate surface area is 127 Å². The van der Waals surface area contributed by atoms with Crippen molar-refractivity contribution in [3.63, 3.8) is 0 Å². The van der Waals surface area contributed by atoms with Crippen LogP contribution in [0.2, 0.25) is 0 Å². The lowest BCUT2D eigenvalue weighted by atomic mass is 9.84. The van der Waals surface area contributed by atoms with E-state index < -0.39 is 0 Å². The Morgan fingerprint density at radius 3 is 2.91 bits per heavy atom. The van der Waals surface area contributed by atoms with E-state index >= 15 is 0 Å². The number of hydrogen-bond donors (Lipinski definition) is 2. The molecular formula is C15H18N6O. The molecule has 4 rings (SSSR count). The Kier molecular flexibility index (Phi) is 3.15. The van der Waals surface area contributed by atoms with Crippen LogP contribution in [0.3, 0.4) is 0 Å². The van der Waals surface area contributed by atoms with Gasteiger partial charge >= 0.3 is 0 Å². The zero-order chi connectivity index (χ0) is 15.1. The molecule has 1 aromatic carbocycles. The Morgan fingerprint density at radius 2 is 2.18 bits per heavy atom. The van der Waals surface area contributed by atoms with Gasteiger partial charge in [0.1, 0.15) is 6.33 Å². The minimum atomic E-state index is -0.0598. The topological polar surface area (TPSA) is 98.7 Å². The molecule has 2 bridgehead atoms. The molecule has 114 valence electrons. The van der Waals surface area contributed by atoms with Crippen molar-refractivity contribution in [3.8, 4) is 5.69 Å². The molecule has 2 fully saturated rings. The largest absolute Gasteiger partial charge is 0.327 e. The maximum atomic E-state index is 12.6. The SMILES string of the molecule is NC1C2CCC(C2)C1C(=O)Nc1cccc(-n2cnnn2)c1. The highest BCUT2D eigenvalue weighted by molar-refractivity contribution is 5.93. The first kappa shape index (κ1) is 13.4. The molecule has 2 aromatic rings. The summed E-state index contributed by atoms with van der Waals surface area (Å²) < 4.78 is 1.55. The second-order valence-electron chi connectivity index (χ2n) is 6.23. The second kappa shape index (κ2) is 5.17. The summed E-state index contributed by atoms with van der Waals surface area (Å²) in [5, 5.41) is 14.1. The standard InChI is InChI=1S/C15H18N6O/c16-14-10-5-4-9(6-10)13(14)15(22)18-11-2-1-3-12(7-11)21-8-17-19-20-21/h1-3,7-10,13-14H,4-6,16H2,(H,18,22). The second-order valence-corrected chi connectivity index (χ2v) is 6.23. The summed E-state index contributed by atoms with van der Waals surface area (Å²) in [6.07, 6.45) is 4.92. The Morgan fingerprint density at radius 1 is 1.32 bits per heavy atom. The molecule has 4 atom stereocenters. The van der Waals surface area contributed by atoms with E-state index in [4.69, 9.17) is 5.73 Å². The molecule has 0 radical (unpaired) electrons. The first-order valence-electron chi connectivity index (χ1n) is 7.62. The van der Waals surface area contributed by atoms with Gasteiger partial charge in [-0.2, -0.15) is 0 Å². The normalized spacial score (nSPS) is 29.7. The maximum Gasteiger partial charge on any atom is 0.229 e. The van der Waals surface area contributed by atoms with Crippen molar-refractivity contribution in [2.75, 3.05) is 5.32 Å². The quantitative estimate of drug-likeness (QED) is 0.880. The summed E-state index contributed by atoms with van der Waals surface area (Å²) in [5.41, 5.74) is 7.78. The highest BCUT2D eigenvalue weighted by atomic mass is 16.2. The van der Waals surface area contributed by atoms with Crippen molar-refractivity contribution in [2.45, 2.75) is 25.3 Å². The molecule has 1 aromatic heterocycles. The van der Waals surface area contributed by atoms with Crippen molar-refractivity contribution < 1.29 is 4.79 Å².